The minimum absolute atomic E-state index is 0.115. The lowest BCUT2D eigenvalue weighted by molar-refractivity contribution is -0.133. The summed E-state index contributed by atoms with van der Waals surface area (Å²) in [6.45, 7) is 1.86. The molecule has 0 heterocycles. The van der Waals surface area contributed by atoms with Crippen LogP contribution >= 0.6 is 0 Å². The number of amides is 3. The third kappa shape index (κ3) is 8.34. The van der Waals surface area contributed by atoms with Crippen LogP contribution in [0.1, 0.15) is 33.1 Å². The molecule has 10 heteroatoms. The predicted molar refractivity (Wildman–Crippen MR) is 83.3 cm³/mol. The first-order valence-electron chi connectivity index (χ1n) is 7.33. The highest BCUT2D eigenvalue weighted by molar-refractivity contribution is 5.95. The Hall–Kier alpha value is -2.33. The average Bonchev–Trinajstić information content (AvgIpc) is 2.48. The van der Waals surface area contributed by atoms with Crippen LogP contribution in [0, 0.1) is 0 Å². The Morgan fingerprint density at radius 2 is 1.54 bits per heavy atom. The number of aliphatic hydroxyl groups is 1. The van der Waals surface area contributed by atoms with Crippen LogP contribution in [0.2, 0.25) is 0 Å². The van der Waals surface area contributed by atoms with E-state index < -0.39 is 48.2 Å². The van der Waals surface area contributed by atoms with Crippen LogP contribution in [-0.2, 0) is 24.0 Å². The van der Waals surface area contributed by atoms with Gasteiger partial charge in [-0.2, -0.15) is 0 Å². The monoisotopic (exact) mass is 344 g/mol. The van der Waals surface area contributed by atoms with Crippen molar-refractivity contribution < 1.29 is 29.1 Å². The molecule has 3 unspecified atom stereocenters. The Kier molecular flexibility index (Phi) is 9.43. The molecule has 0 fully saturated rings. The molecular weight excluding hydrogens is 320 g/mol. The number of nitrogens with one attached hydrogen (secondary N) is 2. The molecule has 0 aliphatic carbocycles. The summed E-state index contributed by atoms with van der Waals surface area (Å²) < 4.78 is 0. The third-order valence-electron chi connectivity index (χ3n) is 3.14. The Balaban J connectivity index is 5.05. The molecule has 0 rings (SSSR count). The van der Waals surface area contributed by atoms with E-state index in [1.165, 1.54) is 13.8 Å². The summed E-state index contributed by atoms with van der Waals surface area (Å²) in [6, 6.07) is -3.46. The molecule has 3 amide bonds. The van der Waals surface area contributed by atoms with Crippen molar-refractivity contribution in [3.05, 3.63) is 0 Å². The van der Waals surface area contributed by atoms with Gasteiger partial charge in [-0.05, 0) is 20.3 Å². The van der Waals surface area contributed by atoms with Crippen molar-refractivity contribution in [2.45, 2.75) is 51.2 Å². The smallest absolute Gasteiger partial charge is 0.243 e. The fourth-order valence-corrected chi connectivity index (χ4v) is 1.77. The van der Waals surface area contributed by atoms with Crippen LogP contribution in [-0.4, -0.2) is 59.1 Å². The van der Waals surface area contributed by atoms with Crippen LogP contribution < -0.4 is 22.1 Å². The van der Waals surface area contributed by atoms with Crippen LogP contribution in [0.5, 0.6) is 0 Å². The number of carbonyl (C=O) groups is 5. The van der Waals surface area contributed by atoms with E-state index in [1.54, 1.807) is 0 Å². The first kappa shape index (κ1) is 21.7. The molecule has 0 aliphatic heterocycles. The summed E-state index contributed by atoms with van der Waals surface area (Å²) in [6.07, 6.45) is -0.492. The molecule has 0 radical (unpaired) electrons. The molecule has 0 aromatic rings. The summed E-state index contributed by atoms with van der Waals surface area (Å²) in [5.74, 6) is -2.95. The zero-order valence-corrected chi connectivity index (χ0v) is 13.7. The SMILES string of the molecule is CC(=O)CC(NC(=O)C(CCC(N)=O)NC(=O)C(N)CO)C(C)=O. The molecule has 0 spiro atoms. The molecule has 0 aliphatic rings. The maximum Gasteiger partial charge on any atom is 0.243 e. The van der Waals surface area contributed by atoms with E-state index in [2.05, 4.69) is 10.6 Å². The van der Waals surface area contributed by atoms with Crippen molar-refractivity contribution in [3.63, 3.8) is 0 Å². The number of rotatable bonds is 11. The van der Waals surface area contributed by atoms with Gasteiger partial charge in [0.15, 0.2) is 5.78 Å². The fraction of sp³-hybridized carbons (Fsp3) is 0.643. The van der Waals surface area contributed by atoms with Crippen molar-refractivity contribution in [3.8, 4) is 0 Å². The summed E-state index contributed by atoms with van der Waals surface area (Å²) in [5.41, 5.74) is 10.4. The highest BCUT2D eigenvalue weighted by atomic mass is 16.3. The van der Waals surface area contributed by atoms with Gasteiger partial charge in [0, 0.05) is 12.8 Å². The molecule has 0 aromatic heterocycles. The Labute approximate surface area is 139 Å². The number of hydrogen-bond acceptors (Lipinski definition) is 7. The van der Waals surface area contributed by atoms with Crippen LogP contribution in [0.15, 0.2) is 0 Å². The molecule has 0 saturated carbocycles. The maximum atomic E-state index is 12.3. The van der Waals surface area contributed by atoms with Crippen molar-refractivity contribution in [2.75, 3.05) is 6.61 Å². The Morgan fingerprint density at radius 3 is 1.96 bits per heavy atom. The number of Topliss-reactive ketones (excluding diaryl/α,β-unsaturated/α-hetero) is 2. The topological polar surface area (TPSA) is 182 Å². The van der Waals surface area contributed by atoms with E-state index >= 15 is 0 Å². The van der Waals surface area contributed by atoms with Crippen molar-refractivity contribution >= 4 is 29.3 Å². The number of aliphatic hydroxyl groups excluding tert-OH is 1. The van der Waals surface area contributed by atoms with Gasteiger partial charge in [0.05, 0.1) is 12.6 Å². The molecule has 0 aromatic carbocycles. The Morgan fingerprint density at radius 1 is 1.00 bits per heavy atom. The van der Waals surface area contributed by atoms with Gasteiger partial charge in [-0.3, -0.25) is 24.0 Å². The number of carbonyl (C=O) groups excluding carboxylic acids is 5. The first-order chi connectivity index (χ1) is 11.1. The number of ketones is 2. The van der Waals surface area contributed by atoms with Gasteiger partial charge >= 0.3 is 0 Å². The molecule has 10 nitrogen and oxygen atoms in total. The summed E-state index contributed by atoms with van der Waals surface area (Å²) in [4.78, 5) is 57.5. The molecule has 24 heavy (non-hydrogen) atoms. The standard InChI is InChI=1S/C14H24N4O6/c1-7(20)5-11(8(2)21)18-14(24)10(3-4-12(16)22)17-13(23)9(15)6-19/h9-11,19H,3-6,15H2,1-2H3,(H2,16,22)(H,17,23)(H,18,24). The van der Waals surface area contributed by atoms with Gasteiger partial charge in [0.2, 0.25) is 17.7 Å². The minimum atomic E-state index is -1.24. The number of nitrogens with two attached hydrogens (primary N) is 2. The second-order valence-electron chi connectivity index (χ2n) is 5.43. The quantitative estimate of drug-likeness (QED) is 0.266. The second kappa shape index (κ2) is 10.4. The van der Waals surface area contributed by atoms with Gasteiger partial charge in [-0.1, -0.05) is 0 Å². The van der Waals surface area contributed by atoms with Gasteiger partial charge < -0.3 is 27.2 Å². The summed E-state index contributed by atoms with van der Waals surface area (Å²) in [5, 5.41) is 13.5. The van der Waals surface area contributed by atoms with E-state index in [1.807, 2.05) is 0 Å². The fourth-order valence-electron chi connectivity index (χ4n) is 1.77. The summed E-state index contributed by atoms with van der Waals surface area (Å²) in [7, 11) is 0. The lowest BCUT2D eigenvalue weighted by atomic mass is 10.1. The normalized spacial score (nSPS) is 14.2. The maximum absolute atomic E-state index is 12.3. The van der Waals surface area contributed by atoms with Crippen LogP contribution in [0.25, 0.3) is 0 Å². The number of hydrogen-bond donors (Lipinski definition) is 5. The molecule has 136 valence electrons. The largest absolute Gasteiger partial charge is 0.394 e. The minimum Gasteiger partial charge on any atom is -0.394 e. The lowest BCUT2D eigenvalue weighted by Crippen LogP contribution is -2.55. The van der Waals surface area contributed by atoms with Gasteiger partial charge in [-0.15, -0.1) is 0 Å². The zero-order valence-electron chi connectivity index (χ0n) is 13.7. The lowest BCUT2D eigenvalue weighted by Gasteiger charge is -2.22. The predicted octanol–water partition coefficient (Wildman–Crippen LogP) is -2.89. The van der Waals surface area contributed by atoms with Crippen molar-refractivity contribution in [2.24, 2.45) is 11.5 Å². The molecule has 0 saturated heterocycles. The molecule has 3 atom stereocenters. The van der Waals surface area contributed by atoms with E-state index in [0.717, 1.165) is 0 Å². The number of primary amides is 1. The highest BCUT2D eigenvalue weighted by Gasteiger charge is 2.27. The zero-order chi connectivity index (χ0) is 18.9. The van der Waals surface area contributed by atoms with Crippen LogP contribution in [0.3, 0.4) is 0 Å². The van der Waals surface area contributed by atoms with E-state index in [0.29, 0.717) is 0 Å². The van der Waals surface area contributed by atoms with Crippen molar-refractivity contribution in [1.29, 1.82) is 0 Å². The summed E-state index contributed by atoms with van der Waals surface area (Å²) >= 11 is 0. The molecule has 7 N–H and O–H groups in total. The van der Waals surface area contributed by atoms with Crippen molar-refractivity contribution in [1.82, 2.24) is 10.6 Å². The highest BCUT2D eigenvalue weighted by Crippen LogP contribution is 2.02. The van der Waals surface area contributed by atoms with E-state index in [-0.39, 0.29) is 25.0 Å². The Bertz CT molecular complexity index is 507. The second-order valence-corrected chi connectivity index (χ2v) is 5.43. The van der Waals surface area contributed by atoms with Gasteiger partial charge in [0.25, 0.3) is 0 Å². The van der Waals surface area contributed by atoms with E-state index in [9.17, 15) is 24.0 Å². The molecular formula is C14H24N4O6. The molecule has 0 bridgehead atoms. The van der Waals surface area contributed by atoms with Gasteiger partial charge in [0.1, 0.15) is 17.9 Å². The average molecular weight is 344 g/mol. The third-order valence-corrected chi connectivity index (χ3v) is 3.14. The first-order valence-corrected chi connectivity index (χ1v) is 7.33. The van der Waals surface area contributed by atoms with Gasteiger partial charge in [-0.25, -0.2) is 0 Å². The van der Waals surface area contributed by atoms with E-state index in [4.69, 9.17) is 16.6 Å². The van der Waals surface area contributed by atoms with Crippen LogP contribution in [0.4, 0.5) is 0 Å².